The van der Waals surface area contributed by atoms with E-state index >= 15 is 0 Å². The average molecular weight is 367 g/mol. The highest BCUT2D eigenvalue weighted by Crippen LogP contribution is 2.18. The lowest BCUT2D eigenvalue weighted by atomic mass is 9.96. The quantitative estimate of drug-likeness (QED) is 0.738. The van der Waals surface area contributed by atoms with Gasteiger partial charge in [0.05, 0.1) is 13.0 Å². The first kappa shape index (κ1) is 19.6. The summed E-state index contributed by atoms with van der Waals surface area (Å²) < 4.78 is 4.97. The van der Waals surface area contributed by atoms with Crippen LogP contribution in [0.25, 0.3) is 0 Å². The first-order valence-electron chi connectivity index (χ1n) is 9.04. The number of urea groups is 1. The highest BCUT2D eigenvalue weighted by Gasteiger charge is 2.21. The summed E-state index contributed by atoms with van der Waals surface area (Å²) in [6, 6.07) is 7.52. The number of carbonyl (C=O) groups is 2. The van der Waals surface area contributed by atoms with Gasteiger partial charge in [-0.1, -0.05) is 43.0 Å². The third-order valence-corrected chi connectivity index (χ3v) is 4.65. The van der Waals surface area contributed by atoms with Crippen molar-refractivity contribution in [3.63, 3.8) is 0 Å². The summed E-state index contributed by atoms with van der Waals surface area (Å²) in [4.78, 5) is 26.0. The monoisotopic (exact) mass is 366 g/mol. The normalized spacial score (nSPS) is 14.8. The van der Waals surface area contributed by atoms with Crippen molar-refractivity contribution < 1.29 is 14.3 Å². The number of benzene rings is 1. The molecule has 0 spiro atoms. The minimum atomic E-state index is -0.283. The van der Waals surface area contributed by atoms with Crippen molar-refractivity contribution in [2.45, 2.75) is 58.0 Å². The van der Waals surface area contributed by atoms with Crippen LogP contribution in [-0.2, 0) is 16.1 Å². The largest absolute Gasteiger partial charge is 0.466 e. The molecule has 1 aromatic rings. The molecule has 138 valence electrons. The Morgan fingerprint density at radius 2 is 1.88 bits per heavy atom. The average Bonchev–Trinajstić information content (AvgIpc) is 2.61. The predicted molar refractivity (Wildman–Crippen MR) is 98.5 cm³/mol. The molecule has 1 saturated carbocycles. The van der Waals surface area contributed by atoms with Gasteiger partial charge in [0.25, 0.3) is 0 Å². The van der Waals surface area contributed by atoms with Crippen LogP contribution < -0.4 is 5.32 Å². The maximum absolute atomic E-state index is 12.7. The van der Waals surface area contributed by atoms with Crippen LogP contribution in [0.3, 0.4) is 0 Å². The first-order valence-corrected chi connectivity index (χ1v) is 9.41. The Kier molecular flexibility index (Phi) is 8.06. The number of ether oxygens (including phenoxy) is 1. The minimum Gasteiger partial charge on any atom is -0.466 e. The topological polar surface area (TPSA) is 58.6 Å². The number of carbonyl (C=O) groups excluding carboxylic acids is 2. The molecule has 25 heavy (non-hydrogen) atoms. The minimum absolute atomic E-state index is 0.119. The molecule has 0 atom stereocenters. The second-order valence-corrected chi connectivity index (χ2v) is 6.82. The fourth-order valence-electron chi connectivity index (χ4n) is 3.03. The van der Waals surface area contributed by atoms with Gasteiger partial charge in [0.15, 0.2) is 0 Å². The molecule has 0 aliphatic heterocycles. The van der Waals surface area contributed by atoms with Crippen molar-refractivity contribution in [3.05, 3.63) is 34.9 Å². The van der Waals surface area contributed by atoms with Gasteiger partial charge >= 0.3 is 12.0 Å². The van der Waals surface area contributed by atoms with Gasteiger partial charge in [-0.3, -0.25) is 4.79 Å². The molecule has 1 aliphatic rings. The first-order chi connectivity index (χ1) is 12.1. The molecule has 0 radical (unpaired) electrons. The summed E-state index contributed by atoms with van der Waals surface area (Å²) in [5.41, 5.74) is 0.979. The van der Waals surface area contributed by atoms with Crippen molar-refractivity contribution in [1.29, 1.82) is 0 Å². The van der Waals surface area contributed by atoms with E-state index in [2.05, 4.69) is 5.32 Å². The van der Waals surface area contributed by atoms with E-state index in [1.165, 1.54) is 6.42 Å². The van der Waals surface area contributed by atoms with Crippen LogP contribution in [-0.4, -0.2) is 36.1 Å². The zero-order valence-electron chi connectivity index (χ0n) is 14.8. The van der Waals surface area contributed by atoms with Crippen molar-refractivity contribution in [2.24, 2.45) is 0 Å². The number of hydrogen-bond acceptors (Lipinski definition) is 3. The molecular formula is C19H27ClN2O3. The van der Waals surface area contributed by atoms with E-state index in [1.807, 2.05) is 12.1 Å². The Labute approximate surface area is 154 Å². The summed E-state index contributed by atoms with van der Waals surface area (Å²) in [6.45, 7) is 2.90. The third-order valence-electron chi connectivity index (χ3n) is 4.40. The number of nitrogens with zero attached hydrogens (tertiary/aromatic N) is 1. The molecule has 1 N–H and O–H groups in total. The number of esters is 1. The summed E-state index contributed by atoms with van der Waals surface area (Å²) >= 11 is 5.92. The number of hydrogen-bond donors (Lipinski definition) is 1. The second-order valence-electron chi connectivity index (χ2n) is 6.39. The van der Waals surface area contributed by atoms with Crippen LogP contribution in [0.2, 0.25) is 5.02 Å². The molecule has 0 bridgehead atoms. The molecule has 0 aromatic heterocycles. The molecule has 0 saturated heterocycles. The zero-order valence-corrected chi connectivity index (χ0v) is 15.6. The van der Waals surface area contributed by atoms with Gasteiger partial charge in [0.2, 0.25) is 0 Å². The molecule has 2 amide bonds. The van der Waals surface area contributed by atoms with Gasteiger partial charge < -0.3 is 15.0 Å². The summed E-state index contributed by atoms with van der Waals surface area (Å²) in [7, 11) is 0. The Morgan fingerprint density at radius 1 is 1.20 bits per heavy atom. The lowest BCUT2D eigenvalue weighted by Crippen LogP contribution is -2.45. The van der Waals surface area contributed by atoms with Crippen LogP contribution in [0, 0.1) is 0 Å². The molecule has 1 aliphatic carbocycles. The van der Waals surface area contributed by atoms with Gasteiger partial charge in [-0.25, -0.2) is 4.79 Å². The lowest BCUT2D eigenvalue weighted by molar-refractivity contribution is -0.143. The number of nitrogens with one attached hydrogen (secondary N) is 1. The second kappa shape index (κ2) is 10.3. The van der Waals surface area contributed by atoms with Gasteiger partial charge in [0.1, 0.15) is 0 Å². The van der Waals surface area contributed by atoms with E-state index in [9.17, 15) is 9.59 Å². The molecule has 1 aromatic carbocycles. The lowest BCUT2D eigenvalue weighted by Gasteiger charge is -2.28. The number of halogens is 1. The molecular weight excluding hydrogens is 340 g/mol. The molecule has 6 heteroatoms. The highest BCUT2D eigenvalue weighted by molar-refractivity contribution is 6.30. The zero-order chi connectivity index (χ0) is 18.1. The van der Waals surface area contributed by atoms with E-state index in [-0.39, 0.29) is 24.5 Å². The van der Waals surface area contributed by atoms with E-state index in [0.29, 0.717) is 24.7 Å². The van der Waals surface area contributed by atoms with Gasteiger partial charge in [-0.2, -0.15) is 0 Å². The molecule has 2 rings (SSSR count). The van der Waals surface area contributed by atoms with Gasteiger partial charge in [-0.05, 0) is 37.5 Å². The van der Waals surface area contributed by atoms with Gasteiger partial charge in [0, 0.05) is 24.2 Å². The summed E-state index contributed by atoms with van der Waals surface area (Å²) in [6.07, 6.45) is 5.80. The van der Waals surface area contributed by atoms with Crippen LogP contribution in [0.15, 0.2) is 24.3 Å². The number of rotatable bonds is 7. The van der Waals surface area contributed by atoms with Crippen LogP contribution in [0.5, 0.6) is 0 Å². The number of amides is 2. The smallest absolute Gasteiger partial charge is 0.317 e. The molecule has 1 fully saturated rings. The summed E-state index contributed by atoms with van der Waals surface area (Å²) in [5, 5.41) is 3.78. The van der Waals surface area contributed by atoms with Crippen molar-refractivity contribution in [1.82, 2.24) is 10.2 Å². The Hall–Kier alpha value is -1.75. The highest BCUT2D eigenvalue weighted by atomic mass is 35.5. The fraction of sp³-hybridized carbons (Fsp3) is 0.579. The van der Waals surface area contributed by atoms with Crippen molar-refractivity contribution >= 4 is 23.6 Å². The van der Waals surface area contributed by atoms with Crippen molar-refractivity contribution in [3.8, 4) is 0 Å². The van der Waals surface area contributed by atoms with E-state index in [4.69, 9.17) is 16.3 Å². The van der Waals surface area contributed by atoms with E-state index in [0.717, 1.165) is 31.2 Å². The Bertz CT molecular complexity index is 556. The fourth-order valence-corrected chi connectivity index (χ4v) is 3.16. The van der Waals surface area contributed by atoms with Crippen LogP contribution in [0.1, 0.15) is 51.0 Å². The van der Waals surface area contributed by atoms with Crippen LogP contribution in [0.4, 0.5) is 4.79 Å². The van der Waals surface area contributed by atoms with Crippen molar-refractivity contribution in [2.75, 3.05) is 13.2 Å². The molecule has 0 heterocycles. The van der Waals surface area contributed by atoms with E-state index < -0.39 is 0 Å². The standard InChI is InChI=1S/C19H27ClN2O3/c1-2-25-18(23)12-13-22(14-15-8-10-16(20)11-9-15)19(24)21-17-6-4-3-5-7-17/h8-11,17H,2-7,12-14H2,1H3,(H,21,24). The van der Waals surface area contributed by atoms with Gasteiger partial charge in [-0.15, -0.1) is 0 Å². The third kappa shape index (κ3) is 6.94. The molecule has 0 unspecified atom stereocenters. The maximum atomic E-state index is 12.7. The molecule has 5 nitrogen and oxygen atoms in total. The summed E-state index contributed by atoms with van der Waals surface area (Å²) in [5.74, 6) is -0.283. The SMILES string of the molecule is CCOC(=O)CCN(Cc1ccc(Cl)cc1)C(=O)NC1CCCCC1. The van der Waals surface area contributed by atoms with E-state index in [1.54, 1.807) is 24.0 Å². The Balaban J connectivity index is 1.97. The Morgan fingerprint density at radius 3 is 2.52 bits per heavy atom. The predicted octanol–water partition coefficient (Wildman–Crippen LogP) is 4.14. The van der Waals surface area contributed by atoms with Crippen LogP contribution >= 0.6 is 11.6 Å². The maximum Gasteiger partial charge on any atom is 0.317 e.